The summed E-state index contributed by atoms with van der Waals surface area (Å²) in [6, 6.07) is 17.3. The Balaban J connectivity index is 1.54. The molecule has 3 aromatic heterocycles. The molecule has 1 fully saturated rings. The zero-order valence-electron chi connectivity index (χ0n) is 19.6. The van der Waals surface area contributed by atoms with Crippen LogP contribution in [0.5, 0.6) is 5.75 Å². The fraction of sp³-hybridized carbons (Fsp3) is 0.346. The maximum Gasteiger partial charge on any atom is 0.267 e. The molecule has 0 spiro atoms. The smallest absolute Gasteiger partial charge is 0.267 e. The normalized spacial score (nSPS) is 14.7. The summed E-state index contributed by atoms with van der Waals surface area (Å²) >= 11 is 0. The van der Waals surface area contributed by atoms with E-state index >= 15 is 0 Å². The van der Waals surface area contributed by atoms with Crippen molar-refractivity contribution in [2.45, 2.75) is 19.9 Å². The molecule has 4 aromatic rings. The van der Waals surface area contributed by atoms with Crippen LogP contribution in [-0.4, -0.2) is 63.7 Å². The Hall–Kier alpha value is -3.49. The summed E-state index contributed by atoms with van der Waals surface area (Å²) < 4.78 is 14.9. The van der Waals surface area contributed by atoms with Crippen molar-refractivity contribution in [3.05, 3.63) is 71.1 Å². The van der Waals surface area contributed by atoms with Crippen molar-refractivity contribution in [2.75, 3.05) is 39.5 Å². The van der Waals surface area contributed by atoms with E-state index in [1.807, 2.05) is 67.0 Å². The quantitative estimate of drug-likeness (QED) is 0.421. The van der Waals surface area contributed by atoms with E-state index < -0.39 is 0 Å². The predicted molar refractivity (Wildman–Crippen MR) is 131 cm³/mol. The number of benzene rings is 1. The molecule has 0 unspecified atom stereocenters. The van der Waals surface area contributed by atoms with Crippen LogP contribution in [0.15, 0.2) is 65.6 Å². The molecule has 1 aliphatic heterocycles. The van der Waals surface area contributed by atoms with Crippen LogP contribution in [0.2, 0.25) is 0 Å². The van der Waals surface area contributed by atoms with Gasteiger partial charge in [0, 0.05) is 43.5 Å². The molecular weight excluding hydrogens is 430 g/mol. The second kappa shape index (κ2) is 9.79. The van der Waals surface area contributed by atoms with Gasteiger partial charge in [-0.2, -0.15) is 10.2 Å². The summed E-state index contributed by atoms with van der Waals surface area (Å²) in [5, 5.41) is 9.56. The molecule has 0 saturated carbocycles. The summed E-state index contributed by atoms with van der Waals surface area (Å²) in [6.45, 7) is 8.79. The minimum absolute atomic E-state index is 0.0476. The third-order valence-corrected chi connectivity index (χ3v) is 6.00. The average Bonchev–Trinajstić information content (AvgIpc) is 3.24. The second-order valence-corrected chi connectivity index (χ2v) is 8.68. The SMILES string of the molecule is CC(C)n1nc(-c2c(-c3ccccc3)nn3ccc(OCCN4CCOCC4)cc23)ccc1=O. The Labute approximate surface area is 198 Å². The second-order valence-electron chi connectivity index (χ2n) is 8.68. The van der Waals surface area contributed by atoms with Crippen LogP contribution in [-0.2, 0) is 4.74 Å². The van der Waals surface area contributed by atoms with E-state index in [0.29, 0.717) is 12.3 Å². The first kappa shape index (κ1) is 22.3. The number of aromatic nitrogens is 4. The number of pyridine rings is 1. The lowest BCUT2D eigenvalue weighted by Crippen LogP contribution is -2.38. The summed E-state index contributed by atoms with van der Waals surface area (Å²) in [6.07, 6.45) is 1.91. The molecule has 1 saturated heterocycles. The van der Waals surface area contributed by atoms with E-state index in [0.717, 1.165) is 60.9 Å². The fourth-order valence-electron chi connectivity index (χ4n) is 4.21. The highest BCUT2D eigenvalue weighted by atomic mass is 16.5. The van der Waals surface area contributed by atoms with Gasteiger partial charge in [0.25, 0.3) is 5.56 Å². The topological polar surface area (TPSA) is 73.9 Å². The third-order valence-electron chi connectivity index (χ3n) is 6.00. The van der Waals surface area contributed by atoms with Crippen molar-refractivity contribution in [3.63, 3.8) is 0 Å². The van der Waals surface area contributed by atoms with Crippen molar-refractivity contribution in [2.24, 2.45) is 0 Å². The molecule has 4 heterocycles. The number of hydrogen-bond donors (Lipinski definition) is 0. The highest BCUT2D eigenvalue weighted by molar-refractivity contribution is 5.91. The van der Waals surface area contributed by atoms with E-state index in [4.69, 9.17) is 19.7 Å². The van der Waals surface area contributed by atoms with Gasteiger partial charge in [-0.25, -0.2) is 9.20 Å². The Morgan fingerprint density at radius 2 is 1.82 bits per heavy atom. The molecule has 0 bridgehead atoms. The molecule has 0 aliphatic carbocycles. The highest BCUT2D eigenvalue weighted by Crippen LogP contribution is 2.35. The minimum Gasteiger partial charge on any atom is -0.492 e. The van der Waals surface area contributed by atoms with Crippen LogP contribution >= 0.6 is 0 Å². The number of fused-ring (bicyclic) bond motifs is 1. The van der Waals surface area contributed by atoms with E-state index in [-0.39, 0.29) is 11.6 Å². The summed E-state index contributed by atoms with van der Waals surface area (Å²) in [5.74, 6) is 0.777. The van der Waals surface area contributed by atoms with Gasteiger partial charge in [-0.1, -0.05) is 30.3 Å². The Kier molecular flexibility index (Phi) is 6.42. The Morgan fingerprint density at radius 3 is 2.59 bits per heavy atom. The molecule has 34 heavy (non-hydrogen) atoms. The molecule has 8 heteroatoms. The van der Waals surface area contributed by atoms with Crippen molar-refractivity contribution in [1.29, 1.82) is 0 Å². The van der Waals surface area contributed by atoms with Gasteiger partial charge >= 0.3 is 0 Å². The van der Waals surface area contributed by atoms with Gasteiger partial charge in [0.15, 0.2) is 0 Å². The highest BCUT2D eigenvalue weighted by Gasteiger charge is 2.20. The van der Waals surface area contributed by atoms with Crippen LogP contribution in [0.1, 0.15) is 19.9 Å². The molecule has 0 atom stereocenters. The predicted octanol–water partition coefficient (Wildman–Crippen LogP) is 3.52. The molecule has 0 N–H and O–H groups in total. The molecule has 0 amide bonds. The van der Waals surface area contributed by atoms with Crippen LogP contribution in [0, 0.1) is 0 Å². The van der Waals surface area contributed by atoms with Gasteiger partial charge in [-0.05, 0) is 26.0 Å². The van der Waals surface area contributed by atoms with E-state index in [9.17, 15) is 4.79 Å². The van der Waals surface area contributed by atoms with Gasteiger partial charge in [-0.15, -0.1) is 0 Å². The Bertz CT molecular complexity index is 1320. The van der Waals surface area contributed by atoms with Crippen molar-refractivity contribution < 1.29 is 9.47 Å². The molecule has 176 valence electrons. The lowest BCUT2D eigenvalue weighted by molar-refractivity contribution is 0.0322. The van der Waals surface area contributed by atoms with Crippen molar-refractivity contribution in [1.82, 2.24) is 24.3 Å². The van der Waals surface area contributed by atoms with Gasteiger partial charge < -0.3 is 9.47 Å². The number of nitrogens with zero attached hydrogens (tertiary/aromatic N) is 5. The van der Waals surface area contributed by atoms with Gasteiger partial charge in [0.1, 0.15) is 18.1 Å². The summed E-state index contributed by atoms with van der Waals surface area (Å²) in [7, 11) is 0. The van der Waals surface area contributed by atoms with Gasteiger partial charge in [-0.3, -0.25) is 9.69 Å². The zero-order valence-corrected chi connectivity index (χ0v) is 19.6. The third kappa shape index (κ3) is 4.60. The van der Waals surface area contributed by atoms with Gasteiger partial charge in [0.05, 0.1) is 36.0 Å². The lowest BCUT2D eigenvalue weighted by atomic mass is 10.0. The average molecular weight is 460 g/mol. The molecule has 0 radical (unpaired) electrons. The van der Waals surface area contributed by atoms with Crippen molar-refractivity contribution in [3.8, 4) is 28.3 Å². The zero-order chi connectivity index (χ0) is 23.5. The van der Waals surface area contributed by atoms with E-state index in [1.54, 1.807) is 12.1 Å². The Morgan fingerprint density at radius 1 is 1.03 bits per heavy atom. The number of hydrogen-bond acceptors (Lipinski definition) is 6. The van der Waals surface area contributed by atoms with E-state index in [2.05, 4.69) is 4.90 Å². The standard InChI is InChI=1S/C26H29N5O3/c1-19(2)31-24(32)9-8-22(27-31)25-23-18-21(34-17-14-29-12-15-33-16-13-29)10-11-30(23)28-26(25)20-6-4-3-5-7-20/h3-11,18-19H,12-17H2,1-2H3. The lowest BCUT2D eigenvalue weighted by Gasteiger charge is -2.26. The largest absolute Gasteiger partial charge is 0.492 e. The number of morpholine rings is 1. The van der Waals surface area contributed by atoms with E-state index in [1.165, 1.54) is 4.68 Å². The molecular formula is C26H29N5O3. The molecule has 1 aliphatic rings. The maximum atomic E-state index is 12.4. The van der Waals surface area contributed by atoms with Crippen LogP contribution in [0.4, 0.5) is 0 Å². The van der Waals surface area contributed by atoms with Gasteiger partial charge in [0.2, 0.25) is 0 Å². The first-order chi connectivity index (χ1) is 16.6. The number of ether oxygens (including phenoxy) is 2. The molecule has 5 rings (SSSR count). The fourth-order valence-corrected chi connectivity index (χ4v) is 4.21. The van der Waals surface area contributed by atoms with Crippen LogP contribution in [0.3, 0.4) is 0 Å². The van der Waals surface area contributed by atoms with Crippen molar-refractivity contribution >= 4 is 5.52 Å². The maximum absolute atomic E-state index is 12.4. The first-order valence-electron chi connectivity index (χ1n) is 11.7. The first-order valence-corrected chi connectivity index (χ1v) is 11.7. The summed E-state index contributed by atoms with van der Waals surface area (Å²) in [5.41, 5.74) is 4.13. The summed E-state index contributed by atoms with van der Waals surface area (Å²) in [4.78, 5) is 14.7. The monoisotopic (exact) mass is 459 g/mol. The molecule has 8 nitrogen and oxygen atoms in total. The van der Waals surface area contributed by atoms with Crippen LogP contribution < -0.4 is 10.3 Å². The molecule has 1 aromatic carbocycles. The number of rotatable bonds is 7. The van der Waals surface area contributed by atoms with Crippen LogP contribution in [0.25, 0.3) is 28.0 Å². The minimum atomic E-state index is -0.122.